The average molecular weight is 323 g/mol. The fourth-order valence-electron chi connectivity index (χ4n) is 3.07. The van der Waals surface area contributed by atoms with E-state index in [1.165, 1.54) is 0 Å². The van der Waals surface area contributed by atoms with E-state index in [1.807, 2.05) is 49.4 Å². The van der Waals surface area contributed by atoms with Crippen LogP contribution in [0.25, 0.3) is 0 Å². The van der Waals surface area contributed by atoms with Crippen LogP contribution in [-0.4, -0.2) is 28.7 Å². The first-order valence-electron chi connectivity index (χ1n) is 8.08. The average Bonchev–Trinajstić information content (AvgIpc) is 2.54. The fraction of sp³-hybridized carbons (Fsp3) is 0.316. The van der Waals surface area contributed by atoms with Crippen LogP contribution in [0, 0.1) is 6.92 Å². The minimum atomic E-state index is -0.0737. The van der Waals surface area contributed by atoms with Crippen LogP contribution < -0.4 is 5.32 Å². The third kappa shape index (κ3) is 3.62. The first kappa shape index (κ1) is 16.2. The number of benzene rings is 1. The van der Waals surface area contributed by atoms with Crippen molar-refractivity contribution < 1.29 is 9.59 Å². The Hall–Kier alpha value is -2.69. The Morgan fingerprint density at radius 1 is 1.25 bits per heavy atom. The first-order chi connectivity index (χ1) is 11.5. The zero-order chi connectivity index (χ0) is 17.1. The summed E-state index contributed by atoms with van der Waals surface area (Å²) in [5, 5.41) is 2.86. The van der Waals surface area contributed by atoms with Crippen molar-refractivity contribution >= 4 is 17.5 Å². The predicted octanol–water partition coefficient (Wildman–Crippen LogP) is 2.86. The number of anilines is 1. The Morgan fingerprint density at radius 3 is 2.83 bits per heavy atom. The van der Waals surface area contributed by atoms with Gasteiger partial charge in [0.25, 0.3) is 0 Å². The van der Waals surface area contributed by atoms with Gasteiger partial charge in [-0.05, 0) is 30.7 Å². The van der Waals surface area contributed by atoms with E-state index >= 15 is 0 Å². The maximum atomic E-state index is 12.6. The molecule has 0 fully saturated rings. The highest BCUT2D eigenvalue weighted by Gasteiger charge is 2.27. The second-order valence-electron chi connectivity index (χ2n) is 6.26. The third-order valence-electron chi connectivity index (χ3n) is 4.30. The summed E-state index contributed by atoms with van der Waals surface area (Å²) in [5.74, 6) is -0.0855. The van der Waals surface area contributed by atoms with Gasteiger partial charge in [0, 0.05) is 37.2 Å². The molecule has 1 atom stereocenters. The molecule has 3 rings (SSSR count). The molecule has 2 aromatic rings. The highest BCUT2D eigenvalue weighted by Crippen LogP contribution is 2.34. The molecule has 124 valence electrons. The summed E-state index contributed by atoms with van der Waals surface area (Å²) < 4.78 is 0. The molecule has 1 aliphatic rings. The van der Waals surface area contributed by atoms with Gasteiger partial charge in [-0.1, -0.05) is 24.3 Å². The van der Waals surface area contributed by atoms with Crippen LogP contribution in [0.1, 0.15) is 35.7 Å². The summed E-state index contributed by atoms with van der Waals surface area (Å²) in [6, 6.07) is 13.5. The van der Waals surface area contributed by atoms with Gasteiger partial charge in [0.1, 0.15) is 0 Å². The number of nitrogens with zero attached hydrogens (tertiary/aromatic N) is 2. The number of amides is 2. The van der Waals surface area contributed by atoms with Crippen LogP contribution in [0.3, 0.4) is 0 Å². The maximum absolute atomic E-state index is 12.6. The number of carbonyl (C=O) groups is 2. The van der Waals surface area contributed by atoms with Gasteiger partial charge in [-0.2, -0.15) is 0 Å². The summed E-state index contributed by atoms with van der Waals surface area (Å²) in [4.78, 5) is 30.6. The van der Waals surface area contributed by atoms with Gasteiger partial charge < -0.3 is 10.2 Å². The lowest BCUT2D eigenvalue weighted by molar-refractivity contribution is -0.131. The second kappa shape index (κ2) is 6.83. The van der Waals surface area contributed by atoms with E-state index in [0.717, 1.165) is 22.6 Å². The van der Waals surface area contributed by atoms with Crippen molar-refractivity contribution in [1.29, 1.82) is 0 Å². The number of carbonyl (C=O) groups excluding carboxylic acids is 2. The molecule has 2 amide bonds. The van der Waals surface area contributed by atoms with E-state index in [2.05, 4.69) is 10.3 Å². The van der Waals surface area contributed by atoms with Gasteiger partial charge in [0.05, 0.1) is 12.2 Å². The minimum absolute atomic E-state index is 0.0211. The second-order valence-corrected chi connectivity index (χ2v) is 6.26. The minimum Gasteiger partial charge on any atom is -0.340 e. The molecular formula is C19H21N3O2. The molecule has 24 heavy (non-hydrogen) atoms. The summed E-state index contributed by atoms with van der Waals surface area (Å²) in [5.41, 5.74) is 3.65. The number of aryl methyl sites for hydroxylation is 1. The normalized spacial score (nSPS) is 16.2. The highest BCUT2D eigenvalue weighted by molar-refractivity contribution is 5.95. The Morgan fingerprint density at radius 2 is 2.04 bits per heavy atom. The Balaban J connectivity index is 1.69. The van der Waals surface area contributed by atoms with Crippen molar-refractivity contribution in [2.45, 2.75) is 32.2 Å². The van der Waals surface area contributed by atoms with E-state index in [-0.39, 0.29) is 17.7 Å². The number of rotatable bonds is 4. The Kier molecular flexibility index (Phi) is 4.60. The van der Waals surface area contributed by atoms with Crippen LogP contribution in [0.4, 0.5) is 5.69 Å². The Bertz CT molecular complexity index is 773. The SMILES string of the molecule is Cc1cccc(CN(C)C(=O)CC2CC(=O)Nc3ccccc32)n1. The zero-order valence-corrected chi connectivity index (χ0v) is 14.0. The van der Waals surface area contributed by atoms with Crippen LogP contribution in [0.2, 0.25) is 0 Å². The van der Waals surface area contributed by atoms with Gasteiger partial charge in [-0.25, -0.2) is 0 Å². The molecule has 0 saturated heterocycles. The van der Waals surface area contributed by atoms with Gasteiger partial charge in [-0.15, -0.1) is 0 Å². The van der Waals surface area contributed by atoms with Crippen molar-refractivity contribution in [1.82, 2.24) is 9.88 Å². The fourth-order valence-corrected chi connectivity index (χ4v) is 3.07. The first-order valence-corrected chi connectivity index (χ1v) is 8.08. The van der Waals surface area contributed by atoms with Crippen molar-refractivity contribution in [2.24, 2.45) is 0 Å². The Labute approximate surface area is 141 Å². The molecule has 1 aromatic carbocycles. The van der Waals surface area contributed by atoms with Crippen LogP contribution in [0.5, 0.6) is 0 Å². The highest BCUT2D eigenvalue weighted by atomic mass is 16.2. The van der Waals surface area contributed by atoms with Gasteiger partial charge in [0.15, 0.2) is 0 Å². The van der Waals surface area contributed by atoms with Gasteiger partial charge in [0.2, 0.25) is 11.8 Å². The number of hydrogen-bond acceptors (Lipinski definition) is 3. The lowest BCUT2D eigenvalue weighted by Gasteiger charge is -2.27. The largest absolute Gasteiger partial charge is 0.340 e. The van der Waals surface area contributed by atoms with E-state index in [4.69, 9.17) is 0 Å². The number of hydrogen-bond donors (Lipinski definition) is 1. The predicted molar refractivity (Wildman–Crippen MR) is 92.5 cm³/mol. The summed E-state index contributed by atoms with van der Waals surface area (Å²) in [6.45, 7) is 2.41. The maximum Gasteiger partial charge on any atom is 0.225 e. The van der Waals surface area contributed by atoms with Crippen molar-refractivity contribution in [3.8, 4) is 0 Å². The standard InChI is InChI=1S/C19H21N3O2/c1-13-6-5-7-15(20-13)12-22(2)19(24)11-14-10-18(23)21-17-9-4-3-8-16(14)17/h3-9,14H,10-12H2,1-2H3,(H,21,23). The number of aromatic nitrogens is 1. The molecule has 0 aliphatic carbocycles. The molecule has 5 nitrogen and oxygen atoms in total. The lowest BCUT2D eigenvalue weighted by Crippen LogP contribution is -2.31. The number of pyridine rings is 1. The van der Waals surface area contributed by atoms with E-state index in [9.17, 15) is 9.59 Å². The molecule has 0 bridgehead atoms. The van der Waals surface area contributed by atoms with Crippen molar-refractivity contribution in [2.75, 3.05) is 12.4 Å². The van der Waals surface area contributed by atoms with Crippen LogP contribution in [0.15, 0.2) is 42.5 Å². The van der Waals surface area contributed by atoms with Crippen LogP contribution in [-0.2, 0) is 16.1 Å². The van der Waals surface area contributed by atoms with Gasteiger partial charge >= 0.3 is 0 Å². The molecule has 0 spiro atoms. The molecular weight excluding hydrogens is 302 g/mol. The van der Waals surface area contributed by atoms with Crippen LogP contribution >= 0.6 is 0 Å². The zero-order valence-electron chi connectivity index (χ0n) is 14.0. The number of para-hydroxylation sites is 1. The molecule has 1 aromatic heterocycles. The van der Waals surface area contributed by atoms with E-state index < -0.39 is 0 Å². The number of nitrogens with one attached hydrogen (secondary N) is 1. The quantitative estimate of drug-likeness (QED) is 0.941. The van der Waals surface area contributed by atoms with Crippen molar-refractivity contribution in [3.05, 3.63) is 59.4 Å². The molecule has 2 heterocycles. The van der Waals surface area contributed by atoms with Gasteiger partial charge in [-0.3, -0.25) is 14.6 Å². The molecule has 5 heteroatoms. The monoisotopic (exact) mass is 323 g/mol. The summed E-state index contributed by atoms with van der Waals surface area (Å²) in [7, 11) is 1.78. The molecule has 1 unspecified atom stereocenters. The van der Waals surface area contributed by atoms with Crippen molar-refractivity contribution in [3.63, 3.8) is 0 Å². The summed E-state index contributed by atoms with van der Waals surface area (Å²) in [6.07, 6.45) is 0.673. The topological polar surface area (TPSA) is 62.3 Å². The van der Waals surface area contributed by atoms with E-state index in [1.54, 1.807) is 11.9 Å². The van der Waals surface area contributed by atoms with E-state index in [0.29, 0.717) is 19.4 Å². The molecule has 0 radical (unpaired) electrons. The molecule has 1 aliphatic heterocycles. The molecule has 0 saturated carbocycles. The smallest absolute Gasteiger partial charge is 0.225 e. The molecule has 1 N–H and O–H groups in total. The number of fused-ring (bicyclic) bond motifs is 1. The third-order valence-corrected chi connectivity index (χ3v) is 4.30. The lowest BCUT2D eigenvalue weighted by atomic mass is 9.87. The summed E-state index contributed by atoms with van der Waals surface area (Å²) >= 11 is 0.